The molecule has 3 N–H and O–H groups in total. The molecule has 0 radical (unpaired) electrons. The minimum Gasteiger partial charge on any atom is -0.399 e. The fraction of sp³-hybridized carbons (Fsp3) is 0. The lowest BCUT2D eigenvalue weighted by molar-refractivity contribution is 0.459. The summed E-state index contributed by atoms with van der Waals surface area (Å²) in [7, 11) is 0. The molecule has 0 spiro atoms. The summed E-state index contributed by atoms with van der Waals surface area (Å²) in [4.78, 5) is 3.71. The summed E-state index contributed by atoms with van der Waals surface area (Å²) in [5, 5.41) is 2.14. The van der Waals surface area contributed by atoms with E-state index in [9.17, 15) is 17.6 Å². The zero-order valence-corrected chi connectivity index (χ0v) is 8.85. The van der Waals surface area contributed by atoms with Gasteiger partial charge >= 0.3 is 0 Å². The maximum atomic E-state index is 13.3. The average molecular weight is 257 g/mol. The monoisotopic (exact) mass is 257 g/mol. The lowest BCUT2D eigenvalue weighted by Crippen LogP contribution is -2.04. The van der Waals surface area contributed by atoms with Crippen molar-refractivity contribution in [3.63, 3.8) is 0 Å². The average Bonchev–Trinajstić information content (AvgIpc) is 2.32. The van der Waals surface area contributed by atoms with Crippen LogP contribution in [0.4, 0.5) is 34.8 Å². The first-order valence-corrected chi connectivity index (χ1v) is 4.80. The third kappa shape index (κ3) is 2.20. The highest BCUT2D eigenvalue weighted by Gasteiger charge is 2.19. The van der Waals surface area contributed by atoms with Crippen LogP contribution in [-0.2, 0) is 0 Å². The largest absolute Gasteiger partial charge is 0.399 e. The van der Waals surface area contributed by atoms with Gasteiger partial charge in [-0.15, -0.1) is 0 Å². The molecule has 7 heteroatoms. The Hall–Kier alpha value is -2.31. The molecular formula is C11H7F4N3. The minimum atomic E-state index is -1.53. The van der Waals surface area contributed by atoms with Crippen molar-refractivity contribution < 1.29 is 17.6 Å². The molecule has 0 saturated heterocycles. The molecule has 0 amide bonds. The standard InChI is InChI=1S/C11H7F4N3/c12-6-4-7(13)10(15)11(9(6)14)18-8-3-5(16)1-2-17-8/h1-4H,(H3,16,17,18). The van der Waals surface area contributed by atoms with Crippen molar-refractivity contribution in [2.75, 3.05) is 11.1 Å². The Labute approximate surface area is 99.3 Å². The van der Waals surface area contributed by atoms with Crippen LogP contribution >= 0.6 is 0 Å². The maximum absolute atomic E-state index is 13.3. The van der Waals surface area contributed by atoms with E-state index in [1.165, 1.54) is 18.3 Å². The van der Waals surface area contributed by atoms with Gasteiger partial charge in [0.2, 0.25) is 0 Å². The number of nitrogens with two attached hydrogens (primary N) is 1. The Morgan fingerprint density at radius 2 is 1.61 bits per heavy atom. The Morgan fingerprint density at radius 3 is 2.17 bits per heavy atom. The van der Waals surface area contributed by atoms with Crippen LogP contribution in [-0.4, -0.2) is 4.98 Å². The SMILES string of the molecule is Nc1ccnc(Nc2c(F)c(F)cc(F)c2F)c1. The van der Waals surface area contributed by atoms with E-state index in [1.54, 1.807) is 0 Å². The zero-order chi connectivity index (χ0) is 13.3. The molecule has 0 aliphatic rings. The molecule has 0 aliphatic heterocycles. The van der Waals surface area contributed by atoms with Gasteiger partial charge in [0.1, 0.15) is 11.5 Å². The number of aromatic nitrogens is 1. The second-order valence-corrected chi connectivity index (χ2v) is 3.44. The van der Waals surface area contributed by atoms with Crippen molar-refractivity contribution in [1.82, 2.24) is 4.98 Å². The normalized spacial score (nSPS) is 10.4. The first kappa shape index (κ1) is 12.2. The van der Waals surface area contributed by atoms with E-state index in [2.05, 4.69) is 10.3 Å². The van der Waals surface area contributed by atoms with Crippen molar-refractivity contribution in [3.05, 3.63) is 47.7 Å². The van der Waals surface area contributed by atoms with Crippen molar-refractivity contribution in [3.8, 4) is 0 Å². The van der Waals surface area contributed by atoms with E-state index >= 15 is 0 Å². The van der Waals surface area contributed by atoms with Crippen LogP contribution < -0.4 is 11.1 Å². The van der Waals surface area contributed by atoms with Crippen LogP contribution in [0.3, 0.4) is 0 Å². The summed E-state index contributed by atoms with van der Waals surface area (Å²) in [6, 6.07) is 2.84. The summed E-state index contributed by atoms with van der Waals surface area (Å²) < 4.78 is 52.5. The second-order valence-electron chi connectivity index (χ2n) is 3.44. The second kappa shape index (κ2) is 4.52. The molecule has 0 atom stereocenters. The molecule has 1 aromatic carbocycles. The van der Waals surface area contributed by atoms with E-state index in [0.29, 0.717) is 0 Å². The van der Waals surface area contributed by atoms with Crippen molar-refractivity contribution >= 4 is 17.2 Å². The molecular weight excluding hydrogens is 250 g/mol. The Kier molecular flexibility index (Phi) is 3.05. The molecule has 2 aromatic rings. The number of nitrogens with one attached hydrogen (secondary N) is 1. The third-order valence-corrected chi connectivity index (χ3v) is 2.15. The molecule has 2 rings (SSSR count). The number of benzene rings is 1. The molecule has 0 saturated carbocycles. The smallest absolute Gasteiger partial charge is 0.185 e. The van der Waals surface area contributed by atoms with Gasteiger partial charge < -0.3 is 11.1 Å². The van der Waals surface area contributed by atoms with Crippen LogP contribution in [0.2, 0.25) is 0 Å². The molecule has 0 bridgehead atoms. The third-order valence-electron chi connectivity index (χ3n) is 2.15. The molecule has 18 heavy (non-hydrogen) atoms. The molecule has 94 valence electrons. The van der Waals surface area contributed by atoms with Crippen molar-refractivity contribution in [2.45, 2.75) is 0 Å². The molecule has 1 aromatic heterocycles. The predicted molar refractivity (Wildman–Crippen MR) is 58.2 cm³/mol. The van der Waals surface area contributed by atoms with Crippen molar-refractivity contribution in [1.29, 1.82) is 0 Å². The lowest BCUT2D eigenvalue weighted by Gasteiger charge is -2.09. The highest BCUT2D eigenvalue weighted by Crippen LogP contribution is 2.26. The van der Waals surface area contributed by atoms with Gasteiger partial charge in [0.05, 0.1) is 0 Å². The van der Waals surface area contributed by atoms with Gasteiger partial charge in [-0.3, -0.25) is 0 Å². The van der Waals surface area contributed by atoms with Crippen LogP contribution in [0.1, 0.15) is 0 Å². The van der Waals surface area contributed by atoms with Gasteiger partial charge in [0.15, 0.2) is 23.3 Å². The number of hydrogen-bond acceptors (Lipinski definition) is 3. The van der Waals surface area contributed by atoms with E-state index in [4.69, 9.17) is 5.73 Å². The van der Waals surface area contributed by atoms with Gasteiger partial charge in [-0.25, -0.2) is 22.5 Å². The first-order valence-electron chi connectivity index (χ1n) is 4.80. The van der Waals surface area contributed by atoms with Gasteiger partial charge in [-0.05, 0) is 6.07 Å². The number of nitrogens with zero attached hydrogens (tertiary/aromatic N) is 1. The van der Waals surface area contributed by atoms with Crippen LogP contribution in [0.15, 0.2) is 24.4 Å². The van der Waals surface area contributed by atoms with Gasteiger partial charge in [-0.2, -0.15) is 0 Å². The number of pyridine rings is 1. The number of anilines is 3. The molecule has 0 unspecified atom stereocenters. The maximum Gasteiger partial charge on any atom is 0.185 e. The predicted octanol–water partition coefficient (Wildman–Crippen LogP) is 2.96. The Morgan fingerprint density at radius 1 is 1.00 bits per heavy atom. The topological polar surface area (TPSA) is 50.9 Å². The minimum absolute atomic E-state index is 0.0298. The molecule has 0 fully saturated rings. The summed E-state index contributed by atoms with van der Waals surface area (Å²) in [5.74, 6) is -6.09. The van der Waals surface area contributed by atoms with E-state index < -0.39 is 29.0 Å². The Balaban J connectivity index is 2.46. The molecule has 0 aliphatic carbocycles. The fourth-order valence-electron chi connectivity index (χ4n) is 1.33. The van der Waals surface area contributed by atoms with E-state index in [1.807, 2.05) is 0 Å². The number of nitrogen functional groups attached to an aromatic ring is 1. The van der Waals surface area contributed by atoms with E-state index in [-0.39, 0.29) is 17.6 Å². The van der Waals surface area contributed by atoms with Gasteiger partial charge in [-0.1, -0.05) is 0 Å². The van der Waals surface area contributed by atoms with Gasteiger partial charge in [0, 0.05) is 24.0 Å². The van der Waals surface area contributed by atoms with Crippen LogP contribution in [0, 0.1) is 23.3 Å². The highest BCUT2D eigenvalue weighted by molar-refractivity contribution is 5.61. The highest BCUT2D eigenvalue weighted by atomic mass is 19.2. The summed E-state index contributed by atoms with van der Waals surface area (Å²) >= 11 is 0. The molecule has 3 nitrogen and oxygen atoms in total. The zero-order valence-electron chi connectivity index (χ0n) is 8.85. The summed E-state index contributed by atoms with van der Waals surface area (Å²) in [5.41, 5.74) is 4.76. The number of rotatable bonds is 2. The van der Waals surface area contributed by atoms with Crippen molar-refractivity contribution in [2.24, 2.45) is 0 Å². The van der Waals surface area contributed by atoms with E-state index in [0.717, 1.165) is 0 Å². The quantitative estimate of drug-likeness (QED) is 0.642. The summed E-state index contributed by atoms with van der Waals surface area (Å²) in [6.45, 7) is 0. The first-order chi connectivity index (χ1) is 8.49. The number of halogens is 4. The lowest BCUT2D eigenvalue weighted by atomic mass is 10.2. The molecule has 1 heterocycles. The van der Waals surface area contributed by atoms with Crippen LogP contribution in [0.5, 0.6) is 0 Å². The summed E-state index contributed by atoms with van der Waals surface area (Å²) in [6.07, 6.45) is 1.28. The Bertz CT molecular complexity index is 575. The fourth-order valence-corrected chi connectivity index (χ4v) is 1.33. The van der Waals surface area contributed by atoms with Crippen LogP contribution in [0.25, 0.3) is 0 Å². The van der Waals surface area contributed by atoms with Gasteiger partial charge in [0.25, 0.3) is 0 Å². The number of hydrogen-bond donors (Lipinski definition) is 2.